The van der Waals surface area contributed by atoms with Gasteiger partial charge in [-0.2, -0.15) is 0 Å². The summed E-state index contributed by atoms with van der Waals surface area (Å²) in [7, 11) is 0. The Morgan fingerprint density at radius 3 is 2.32 bits per heavy atom. The van der Waals surface area contributed by atoms with Crippen molar-refractivity contribution < 1.29 is 24.2 Å². The Bertz CT molecular complexity index is 958. The summed E-state index contributed by atoms with van der Waals surface area (Å²) in [6.07, 6.45) is 0.939. The lowest BCUT2D eigenvalue weighted by molar-refractivity contribution is -0.139. The topological polar surface area (TPSA) is 145 Å². The number of morpholine rings is 1. The number of carboxylic acid groups (broad SMARTS) is 1. The fourth-order valence-corrected chi connectivity index (χ4v) is 4.15. The third-order valence-corrected chi connectivity index (χ3v) is 6.16. The van der Waals surface area contributed by atoms with Crippen molar-refractivity contribution in [3.8, 4) is 0 Å². The summed E-state index contributed by atoms with van der Waals surface area (Å²) < 4.78 is 5.52. The van der Waals surface area contributed by atoms with E-state index in [1.165, 1.54) is 0 Å². The van der Waals surface area contributed by atoms with Crippen molar-refractivity contribution in [2.45, 2.75) is 43.9 Å². The molecular weight excluding hydrogens is 434 g/mol. The quantitative estimate of drug-likeness (QED) is 0.342. The third-order valence-electron chi connectivity index (χ3n) is 6.16. The lowest BCUT2D eigenvalue weighted by atomic mass is 9.85. The smallest absolute Gasteiger partial charge is 0.320 e. The number of carbonyl (C=O) groups excluding carboxylic acids is 2. The molecule has 0 amide bonds. The normalized spacial score (nSPS) is 18.6. The second kappa shape index (κ2) is 12.5. The van der Waals surface area contributed by atoms with Crippen molar-refractivity contribution in [1.29, 1.82) is 0 Å². The predicted octanol–water partition coefficient (Wildman–Crippen LogP) is 1.35. The number of hydrogen-bond acceptors (Lipinski definition) is 7. The van der Waals surface area contributed by atoms with Gasteiger partial charge in [0.25, 0.3) is 0 Å². The molecular formula is C26H33N3O5. The Labute approximate surface area is 199 Å². The zero-order chi connectivity index (χ0) is 24.5. The van der Waals surface area contributed by atoms with Gasteiger partial charge in [-0.15, -0.1) is 0 Å². The summed E-state index contributed by atoms with van der Waals surface area (Å²) in [5.41, 5.74) is 14.4. The van der Waals surface area contributed by atoms with E-state index in [2.05, 4.69) is 5.32 Å². The number of benzene rings is 2. The van der Waals surface area contributed by atoms with Gasteiger partial charge in [0.2, 0.25) is 0 Å². The first-order valence-electron chi connectivity index (χ1n) is 11.6. The molecule has 1 aliphatic rings. The van der Waals surface area contributed by atoms with Crippen LogP contribution >= 0.6 is 0 Å². The van der Waals surface area contributed by atoms with Gasteiger partial charge in [0.05, 0.1) is 12.6 Å². The molecule has 0 aromatic heterocycles. The van der Waals surface area contributed by atoms with Gasteiger partial charge in [0, 0.05) is 24.6 Å². The lowest BCUT2D eigenvalue weighted by Crippen LogP contribution is -2.43. The molecule has 2 aromatic rings. The maximum atomic E-state index is 13.2. The van der Waals surface area contributed by atoms with Crippen molar-refractivity contribution in [1.82, 2.24) is 5.32 Å². The van der Waals surface area contributed by atoms with E-state index < -0.39 is 30.1 Å². The zero-order valence-electron chi connectivity index (χ0n) is 19.2. The summed E-state index contributed by atoms with van der Waals surface area (Å²) in [6, 6.07) is 14.8. The number of nitrogens with one attached hydrogen (secondary N) is 1. The average Bonchev–Trinajstić information content (AvgIpc) is 2.87. The molecule has 8 heteroatoms. The molecule has 182 valence electrons. The van der Waals surface area contributed by atoms with Crippen LogP contribution in [0.25, 0.3) is 0 Å². The van der Waals surface area contributed by atoms with Gasteiger partial charge in [-0.05, 0) is 36.8 Å². The number of nitrogens with two attached hydrogens (primary N) is 2. The van der Waals surface area contributed by atoms with E-state index in [1.807, 2.05) is 30.3 Å². The molecule has 2 unspecified atom stereocenters. The molecule has 0 spiro atoms. The van der Waals surface area contributed by atoms with E-state index >= 15 is 0 Å². The van der Waals surface area contributed by atoms with Crippen molar-refractivity contribution >= 4 is 17.5 Å². The second-order valence-electron chi connectivity index (χ2n) is 8.74. The van der Waals surface area contributed by atoms with E-state index in [4.69, 9.17) is 16.2 Å². The molecule has 6 N–H and O–H groups in total. The van der Waals surface area contributed by atoms with Gasteiger partial charge in [0.15, 0.2) is 11.6 Å². The molecule has 1 fully saturated rings. The summed E-state index contributed by atoms with van der Waals surface area (Å²) in [4.78, 5) is 37.0. The van der Waals surface area contributed by atoms with Crippen LogP contribution in [0.2, 0.25) is 0 Å². The molecule has 34 heavy (non-hydrogen) atoms. The van der Waals surface area contributed by atoms with E-state index in [0.29, 0.717) is 38.0 Å². The van der Waals surface area contributed by atoms with Gasteiger partial charge in [-0.3, -0.25) is 14.4 Å². The van der Waals surface area contributed by atoms with E-state index in [1.54, 1.807) is 24.3 Å². The van der Waals surface area contributed by atoms with Crippen LogP contribution in [0.5, 0.6) is 0 Å². The molecule has 4 atom stereocenters. The molecule has 3 rings (SSSR count). The summed E-state index contributed by atoms with van der Waals surface area (Å²) >= 11 is 0. The summed E-state index contributed by atoms with van der Waals surface area (Å²) in [5, 5.41) is 12.4. The van der Waals surface area contributed by atoms with Gasteiger partial charge < -0.3 is 26.6 Å². The highest BCUT2D eigenvalue weighted by Gasteiger charge is 2.29. The van der Waals surface area contributed by atoms with Crippen molar-refractivity contribution in [2.75, 3.05) is 19.7 Å². The van der Waals surface area contributed by atoms with Crippen LogP contribution in [-0.4, -0.2) is 60.5 Å². The number of aliphatic carboxylic acids is 1. The molecule has 1 aliphatic heterocycles. The maximum absolute atomic E-state index is 13.2. The van der Waals surface area contributed by atoms with Gasteiger partial charge in [0.1, 0.15) is 12.1 Å². The third kappa shape index (κ3) is 7.30. The van der Waals surface area contributed by atoms with Crippen LogP contribution in [-0.2, 0) is 27.2 Å². The maximum Gasteiger partial charge on any atom is 0.320 e. The number of hydrogen-bond donors (Lipinski definition) is 4. The number of Topliss-reactive ketones (excluding diaryl/α,β-unsaturated/α-hetero) is 2. The highest BCUT2D eigenvalue weighted by atomic mass is 16.5. The fourth-order valence-electron chi connectivity index (χ4n) is 4.15. The molecule has 8 nitrogen and oxygen atoms in total. The first-order chi connectivity index (χ1) is 16.3. The minimum Gasteiger partial charge on any atom is -0.480 e. The molecule has 0 aliphatic carbocycles. The fraction of sp³-hybridized carbons (Fsp3) is 0.423. The van der Waals surface area contributed by atoms with Crippen LogP contribution < -0.4 is 16.8 Å². The average molecular weight is 468 g/mol. The number of carbonyl (C=O) groups is 3. The number of ketones is 2. The van der Waals surface area contributed by atoms with Crippen LogP contribution in [0.15, 0.2) is 54.6 Å². The van der Waals surface area contributed by atoms with Crippen molar-refractivity contribution in [2.24, 2.45) is 17.4 Å². The standard InChI is InChI=1S/C26H33N3O5/c27-21(14-18-7-9-19(10-8-18)25(31)23-16-29-12-13-34-23)24(30)20(15-22(28)26(32)33)11-6-17-4-2-1-3-5-17/h1-5,7-10,20-23,29H,6,11-16,27-28H2,(H,32,33)/t20?,21-,22-,23?/m0/s1. The van der Waals surface area contributed by atoms with Crippen LogP contribution in [0.3, 0.4) is 0 Å². The van der Waals surface area contributed by atoms with E-state index in [-0.39, 0.29) is 18.0 Å². The van der Waals surface area contributed by atoms with Gasteiger partial charge in [-0.25, -0.2) is 0 Å². The Balaban J connectivity index is 1.62. The number of aryl methyl sites for hydroxylation is 1. The largest absolute Gasteiger partial charge is 0.480 e. The molecule has 0 bridgehead atoms. The first-order valence-corrected chi connectivity index (χ1v) is 11.6. The Kier molecular flexibility index (Phi) is 9.47. The van der Waals surface area contributed by atoms with Gasteiger partial charge in [-0.1, -0.05) is 54.6 Å². The molecule has 1 saturated heterocycles. The minimum atomic E-state index is -1.14. The predicted molar refractivity (Wildman–Crippen MR) is 129 cm³/mol. The Morgan fingerprint density at radius 2 is 1.71 bits per heavy atom. The van der Waals surface area contributed by atoms with Crippen LogP contribution in [0.1, 0.15) is 34.3 Å². The highest BCUT2D eigenvalue weighted by molar-refractivity contribution is 5.99. The summed E-state index contributed by atoms with van der Waals surface area (Å²) in [6.45, 7) is 1.73. The number of rotatable bonds is 12. The molecule has 2 aromatic carbocycles. The Hall–Kier alpha value is -2.91. The van der Waals surface area contributed by atoms with Crippen LogP contribution in [0, 0.1) is 5.92 Å². The van der Waals surface area contributed by atoms with Crippen molar-refractivity contribution in [3.63, 3.8) is 0 Å². The van der Waals surface area contributed by atoms with E-state index in [9.17, 15) is 19.5 Å². The Morgan fingerprint density at radius 1 is 1.00 bits per heavy atom. The SMILES string of the molecule is N[C@@H](CC(CCc1ccccc1)C(=O)[C@@H](N)Cc1ccc(C(=O)C2CNCCO2)cc1)C(=O)O. The monoisotopic (exact) mass is 467 g/mol. The lowest BCUT2D eigenvalue weighted by Gasteiger charge is -2.23. The van der Waals surface area contributed by atoms with Crippen LogP contribution in [0.4, 0.5) is 0 Å². The summed E-state index contributed by atoms with van der Waals surface area (Å²) in [5.74, 6) is -1.97. The number of carboxylic acids is 1. The molecule has 1 heterocycles. The minimum absolute atomic E-state index is 0.0392. The second-order valence-corrected chi connectivity index (χ2v) is 8.74. The molecule has 0 radical (unpaired) electrons. The first kappa shape index (κ1) is 25.7. The highest BCUT2D eigenvalue weighted by Crippen LogP contribution is 2.19. The van der Waals surface area contributed by atoms with Crippen molar-refractivity contribution in [3.05, 3.63) is 71.3 Å². The number of ether oxygens (including phenoxy) is 1. The van der Waals surface area contributed by atoms with Gasteiger partial charge >= 0.3 is 5.97 Å². The molecule has 0 saturated carbocycles. The van der Waals surface area contributed by atoms with E-state index in [0.717, 1.165) is 17.7 Å². The zero-order valence-corrected chi connectivity index (χ0v) is 19.2.